The van der Waals surface area contributed by atoms with Gasteiger partial charge in [0.2, 0.25) is 0 Å². The summed E-state index contributed by atoms with van der Waals surface area (Å²) < 4.78 is 6.87. The third-order valence-electron chi connectivity index (χ3n) is 3.52. The van der Waals surface area contributed by atoms with Crippen LogP contribution >= 0.6 is 0 Å². The number of hydrogen-bond acceptors (Lipinski definition) is 4. The second-order valence-electron chi connectivity index (χ2n) is 4.91. The fraction of sp³-hybridized carbons (Fsp3) is 0.571. The van der Waals surface area contributed by atoms with Gasteiger partial charge in [-0.1, -0.05) is 0 Å². The highest BCUT2D eigenvalue weighted by atomic mass is 16.5. The van der Waals surface area contributed by atoms with Crippen LogP contribution in [-0.2, 0) is 30.7 Å². The normalized spacial score (nSPS) is 15.0. The van der Waals surface area contributed by atoms with E-state index in [2.05, 4.69) is 18.0 Å². The minimum Gasteiger partial charge on any atom is -0.383 e. The highest BCUT2D eigenvalue weighted by molar-refractivity contribution is 5.30. The van der Waals surface area contributed by atoms with Crippen LogP contribution in [0.5, 0.6) is 0 Å². The number of methoxy groups -OCH3 is 1. The molecule has 0 spiro atoms. The van der Waals surface area contributed by atoms with Crippen LogP contribution in [0.2, 0.25) is 0 Å². The van der Waals surface area contributed by atoms with E-state index in [0.29, 0.717) is 18.7 Å². The first-order valence-corrected chi connectivity index (χ1v) is 6.46. The molecule has 0 aliphatic carbocycles. The van der Waals surface area contributed by atoms with Gasteiger partial charge in [0.25, 0.3) is 5.56 Å². The van der Waals surface area contributed by atoms with Crippen molar-refractivity contribution in [2.75, 3.05) is 27.3 Å². The maximum Gasteiger partial charge on any atom is 0.255 e. The first kappa shape index (κ1) is 13.8. The largest absolute Gasteiger partial charge is 0.383 e. The summed E-state index contributed by atoms with van der Waals surface area (Å²) in [5.74, 6) is 0. The summed E-state index contributed by atoms with van der Waals surface area (Å²) in [5.41, 5.74) is 2.81. The molecule has 1 aromatic heterocycles. The molecule has 2 rings (SSSR count). The Labute approximate surface area is 113 Å². The first-order valence-electron chi connectivity index (χ1n) is 6.46. The van der Waals surface area contributed by atoms with Crippen molar-refractivity contribution in [3.63, 3.8) is 0 Å². The number of likely N-dealkylation sites (N-methyl/N-ethyl adjacent to an activating group) is 1. The molecule has 0 bridgehead atoms. The van der Waals surface area contributed by atoms with Gasteiger partial charge in [0.1, 0.15) is 0 Å². The van der Waals surface area contributed by atoms with Gasteiger partial charge in [0.15, 0.2) is 0 Å². The van der Waals surface area contributed by atoms with E-state index < -0.39 is 0 Å². The molecule has 0 aromatic carbocycles. The lowest BCUT2D eigenvalue weighted by molar-refractivity contribution is 0.183. The fourth-order valence-corrected chi connectivity index (χ4v) is 2.55. The number of pyridine rings is 1. The minimum absolute atomic E-state index is 0.0399. The Kier molecular flexibility index (Phi) is 4.35. The Balaban J connectivity index is 2.49. The maximum atomic E-state index is 12.4. The quantitative estimate of drug-likeness (QED) is 0.794. The lowest BCUT2D eigenvalue weighted by Gasteiger charge is -2.28. The molecule has 19 heavy (non-hydrogen) atoms. The van der Waals surface area contributed by atoms with Gasteiger partial charge in [-0.25, -0.2) is 0 Å². The molecule has 1 aliphatic rings. The van der Waals surface area contributed by atoms with Crippen LogP contribution in [0, 0.1) is 11.3 Å². The van der Waals surface area contributed by atoms with E-state index in [0.717, 1.165) is 30.8 Å². The molecule has 0 saturated heterocycles. The molecule has 102 valence electrons. The average molecular weight is 261 g/mol. The summed E-state index contributed by atoms with van der Waals surface area (Å²) in [5, 5.41) is 8.83. The van der Waals surface area contributed by atoms with Crippen LogP contribution in [-0.4, -0.2) is 36.8 Å². The van der Waals surface area contributed by atoms with Gasteiger partial charge in [-0.05, 0) is 18.7 Å². The van der Waals surface area contributed by atoms with Gasteiger partial charge in [-0.15, -0.1) is 0 Å². The molecule has 0 unspecified atom stereocenters. The molecule has 0 amide bonds. The van der Waals surface area contributed by atoms with Gasteiger partial charge in [0.05, 0.1) is 19.1 Å². The van der Waals surface area contributed by atoms with Gasteiger partial charge >= 0.3 is 0 Å². The smallest absolute Gasteiger partial charge is 0.255 e. The number of fused-ring (bicyclic) bond motifs is 1. The standard InChI is InChI=1S/C14H19N3O2/c1-16-6-4-13-12(10-16)9-11(3-5-15)14(18)17(13)7-8-19-2/h9H,3-4,6-8,10H2,1-2H3. The fourth-order valence-electron chi connectivity index (χ4n) is 2.55. The zero-order chi connectivity index (χ0) is 13.8. The zero-order valence-electron chi connectivity index (χ0n) is 11.5. The summed E-state index contributed by atoms with van der Waals surface area (Å²) in [6.07, 6.45) is 1.04. The van der Waals surface area contributed by atoms with Crippen molar-refractivity contribution in [1.29, 1.82) is 5.26 Å². The van der Waals surface area contributed by atoms with E-state index in [4.69, 9.17) is 10.00 Å². The van der Waals surface area contributed by atoms with Gasteiger partial charge < -0.3 is 14.2 Å². The van der Waals surface area contributed by atoms with Gasteiger partial charge in [-0.2, -0.15) is 5.26 Å². The van der Waals surface area contributed by atoms with E-state index in [-0.39, 0.29) is 12.0 Å². The topological polar surface area (TPSA) is 58.3 Å². The predicted molar refractivity (Wildman–Crippen MR) is 71.9 cm³/mol. The van der Waals surface area contributed by atoms with Crippen molar-refractivity contribution < 1.29 is 4.74 Å². The molecule has 1 aliphatic heterocycles. The second kappa shape index (κ2) is 6.00. The van der Waals surface area contributed by atoms with E-state index in [1.807, 2.05) is 6.07 Å². The monoisotopic (exact) mass is 261 g/mol. The van der Waals surface area contributed by atoms with Crippen molar-refractivity contribution in [1.82, 2.24) is 9.47 Å². The van der Waals surface area contributed by atoms with Crippen LogP contribution in [0.4, 0.5) is 0 Å². The molecule has 1 aromatic rings. The number of hydrogen-bond donors (Lipinski definition) is 0. The van der Waals surface area contributed by atoms with E-state index >= 15 is 0 Å². The Morgan fingerprint density at radius 2 is 2.32 bits per heavy atom. The van der Waals surface area contributed by atoms with Crippen molar-refractivity contribution in [2.45, 2.75) is 25.9 Å². The molecule has 2 heterocycles. The van der Waals surface area contributed by atoms with Crippen LogP contribution in [0.15, 0.2) is 10.9 Å². The van der Waals surface area contributed by atoms with E-state index in [1.54, 1.807) is 11.7 Å². The van der Waals surface area contributed by atoms with Crippen LogP contribution < -0.4 is 5.56 Å². The molecule has 0 fully saturated rings. The molecule has 0 N–H and O–H groups in total. The number of rotatable bonds is 4. The number of ether oxygens (including phenoxy) is 1. The van der Waals surface area contributed by atoms with E-state index in [9.17, 15) is 4.79 Å². The highest BCUT2D eigenvalue weighted by Crippen LogP contribution is 2.18. The summed E-state index contributed by atoms with van der Waals surface area (Å²) >= 11 is 0. The number of nitrogens with zero attached hydrogens (tertiary/aromatic N) is 3. The molecule has 5 heteroatoms. The lowest BCUT2D eigenvalue weighted by atomic mass is 10.0. The van der Waals surface area contributed by atoms with Crippen LogP contribution in [0.1, 0.15) is 16.8 Å². The van der Waals surface area contributed by atoms with E-state index in [1.165, 1.54) is 0 Å². The Morgan fingerprint density at radius 1 is 1.53 bits per heavy atom. The maximum absolute atomic E-state index is 12.4. The Bertz CT molecular complexity index is 557. The molecule has 0 atom stereocenters. The van der Waals surface area contributed by atoms with Crippen LogP contribution in [0.3, 0.4) is 0 Å². The van der Waals surface area contributed by atoms with Crippen LogP contribution in [0.25, 0.3) is 0 Å². The lowest BCUT2D eigenvalue weighted by Crippen LogP contribution is -2.36. The first-order chi connectivity index (χ1) is 9.17. The summed E-state index contributed by atoms with van der Waals surface area (Å²) in [6, 6.07) is 3.97. The zero-order valence-corrected chi connectivity index (χ0v) is 11.5. The second-order valence-corrected chi connectivity index (χ2v) is 4.91. The average Bonchev–Trinajstić information content (AvgIpc) is 2.39. The molecule has 0 radical (unpaired) electrons. The molecule has 0 saturated carbocycles. The molecular weight excluding hydrogens is 242 g/mol. The molecule has 5 nitrogen and oxygen atoms in total. The third kappa shape index (κ3) is 2.86. The van der Waals surface area contributed by atoms with Gasteiger partial charge in [0, 0.05) is 44.4 Å². The summed E-state index contributed by atoms with van der Waals surface area (Å²) in [4.78, 5) is 14.6. The van der Waals surface area contributed by atoms with Gasteiger partial charge in [-0.3, -0.25) is 4.79 Å². The SMILES string of the molecule is COCCn1c2c(cc(CC#N)c1=O)CN(C)CC2. The predicted octanol–water partition coefficient (Wildman–Crippen LogP) is 0.549. The van der Waals surface area contributed by atoms with Crippen molar-refractivity contribution in [3.05, 3.63) is 33.2 Å². The van der Waals surface area contributed by atoms with Crippen molar-refractivity contribution >= 4 is 0 Å². The number of nitriles is 1. The Morgan fingerprint density at radius 3 is 3.00 bits per heavy atom. The number of aromatic nitrogens is 1. The van der Waals surface area contributed by atoms with Crippen molar-refractivity contribution in [3.8, 4) is 6.07 Å². The third-order valence-corrected chi connectivity index (χ3v) is 3.52. The minimum atomic E-state index is -0.0399. The Hall–Kier alpha value is -1.64. The molecular formula is C14H19N3O2. The van der Waals surface area contributed by atoms with Crippen molar-refractivity contribution in [2.24, 2.45) is 0 Å². The highest BCUT2D eigenvalue weighted by Gasteiger charge is 2.19. The summed E-state index contributed by atoms with van der Waals surface area (Å²) in [7, 11) is 3.70. The summed E-state index contributed by atoms with van der Waals surface area (Å²) in [6.45, 7) is 2.86.